The van der Waals surface area contributed by atoms with E-state index in [2.05, 4.69) is 14.7 Å². The lowest BCUT2D eigenvalue weighted by Gasteiger charge is -2.21. The molecule has 0 bridgehead atoms. The zero-order valence-corrected chi connectivity index (χ0v) is 11.9. The van der Waals surface area contributed by atoms with Crippen LogP contribution in [-0.2, 0) is 9.53 Å². The van der Waals surface area contributed by atoms with E-state index in [-0.39, 0.29) is 23.9 Å². The van der Waals surface area contributed by atoms with Crippen LogP contribution in [0.25, 0.3) is 0 Å². The maximum atomic E-state index is 11.6. The van der Waals surface area contributed by atoms with Gasteiger partial charge in [0.05, 0.1) is 13.5 Å². The first kappa shape index (κ1) is 15.2. The van der Waals surface area contributed by atoms with Crippen molar-refractivity contribution in [2.24, 2.45) is 0 Å². The zero-order chi connectivity index (χ0) is 14.4. The Kier molecular flexibility index (Phi) is 5.54. The minimum atomic E-state index is -0.271. The number of aromatic nitrogens is 2. The van der Waals surface area contributed by atoms with Gasteiger partial charge in [-0.2, -0.15) is 0 Å². The average Bonchev–Trinajstić information content (AvgIpc) is 2.38. The number of carbonyl (C=O) groups excluding carboxylic acids is 1. The van der Waals surface area contributed by atoms with Crippen LogP contribution in [-0.4, -0.2) is 36.1 Å². The number of esters is 1. The maximum Gasteiger partial charge on any atom is 0.307 e. The highest BCUT2D eigenvalue weighted by atomic mass is 16.5. The summed E-state index contributed by atoms with van der Waals surface area (Å²) < 4.78 is 4.61. The Bertz CT molecular complexity index is 482. The highest BCUT2D eigenvalue weighted by Crippen LogP contribution is 2.13. The molecule has 0 aliphatic rings. The monoisotopic (exact) mass is 267 g/mol. The molecule has 0 aliphatic heterocycles. The number of H-pyrrole nitrogens is 1. The van der Waals surface area contributed by atoms with Gasteiger partial charge in [0.2, 0.25) is 0 Å². The number of rotatable bonds is 6. The van der Waals surface area contributed by atoms with Gasteiger partial charge < -0.3 is 14.6 Å². The summed E-state index contributed by atoms with van der Waals surface area (Å²) in [6.45, 7) is 7.04. The summed E-state index contributed by atoms with van der Waals surface area (Å²) in [6.07, 6.45) is 0.274. The van der Waals surface area contributed by atoms with E-state index in [9.17, 15) is 9.59 Å². The first-order chi connectivity index (χ1) is 8.97. The molecule has 1 heterocycles. The Morgan fingerprint density at radius 3 is 2.74 bits per heavy atom. The van der Waals surface area contributed by atoms with Crippen LogP contribution in [0, 0.1) is 0 Å². The molecule has 106 valence electrons. The molecule has 0 unspecified atom stereocenters. The number of nitrogens with zero attached hydrogens (tertiary/aromatic N) is 2. The summed E-state index contributed by atoms with van der Waals surface area (Å²) >= 11 is 0. The van der Waals surface area contributed by atoms with Crippen LogP contribution in [0.3, 0.4) is 0 Å². The fourth-order valence-corrected chi connectivity index (χ4v) is 1.66. The second kappa shape index (κ2) is 6.92. The second-order valence-corrected chi connectivity index (χ2v) is 4.55. The summed E-state index contributed by atoms with van der Waals surface area (Å²) in [6, 6.07) is 1.45. The molecule has 0 radical (unpaired) electrons. The lowest BCUT2D eigenvalue weighted by atomic mass is 10.2. The van der Waals surface area contributed by atoms with Crippen molar-refractivity contribution in [3.05, 3.63) is 22.2 Å². The van der Waals surface area contributed by atoms with Crippen molar-refractivity contribution in [3.63, 3.8) is 0 Å². The first-order valence-corrected chi connectivity index (χ1v) is 6.41. The van der Waals surface area contributed by atoms with Crippen molar-refractivity contribution in [1.82, 2.24) is 9.97 Å². The summed E-state index contributed by atoms with van der Waals surface area (Å²) in [5, 5.41) is 0. The van der Waals surface area contributed by atoms with E-state index >= 15 is 0 Å². The number of hydrogen-bond donors (Lipinski definition) is 1. The maximum absolute atomic E-state index is 11.6. The molecule has 0 saturated heterocycles. The molecular formula is C13H21N3O3. The van der Waals surface area contributed by atoms with Crippen molar-refractivity contribution in [1.29, 1.82) is 0 Å². The van der Waals surface area contributed by atoms with Gasteiger partial charge in [0.25, 0.3) is 5.56 Å². The predicted octanol–water partition coefficient (Wildman–Crippen LogP) is 1.28. The van der Waals surface area contributed by atoms with Gasteiger partial charge in [-0.05, 0) is 6.92 Å². The molecule has 0 saturated carbocycles. The van der Waals surface area contributed by atoms with Crippen LogP contribution in [0.15, 0.2) is 10.9 Å². The number of hydrogen-bond acceptors (Lipinski definition) is 5. The van der Waals surface area contributed by atoms with Gasteiger partial charge >= 0.3 is 5.97 Å². The number of nitrogens with one attached hydrogen (secondary N) is 1. The van der Waals surface area contributed by atoms with E-state index in [0.717, 1.165) is 0 Å². The van der Waals surface area contributed by atoms with E-state index in [1.54, 1.807) is 0 Å². The van der Waals surface area contributed by atoms with Crippen LogP contribution >= 0.6 is 0 Å². The van der Waals surface area contributed by atoms with Gasteiger partial charge in [0.15, 0.2) is 0 Å². The summed E-state index contributed by atoms with van der Waals surface area (Å²) in [4.78, 5) is 31.8. The number of methoxy groups -OCH3 is 1. The minimum absolute atomic E-state index is 0.145. The van der Waals surface area contributed by atoms with Crippen LogP contribution < -0.4 is 10.5 Å². The van der Waals surface area contributed by atoms with Crippen LogP contribution in [0.5, 0.6) is 0 Å². The largest absolute Gasteiger partial charge is 0.469 e. The lowest BCUT2D eigenvalue weighted by Crippen LogP contribution is -2.29. The van der Waals surface area contributed by atoms with Crippen molar-refractivity contribution in [2.75, 3.05) is 25.1 Å². The third-order valence-electron chi connectivity index (χ3n) is 2.81. The minimum Gasteiger partial charge on any atom is -0.469 e. The average molecular weight is 267 g/mol. The van der Waals surface area contributed by atoms with Crippen molar-refractivity contribution >= 4 is 11.8 Å². The van der Waals surface area contributed by atoms with Crippen LogP contribution in [0.2, 0.25) is 0 Å². The highest BCUT2D eigenvalue weighted by Gasteiger charge is 2.12. The Balaban J connectivity index is 2.91. The Labute approximate surface area is 112 Å². The molecule has 1 N–H and O–H groups in total. The van der Waals surface area contributed by atoms with Crippen molar-refractivity contribution < 1.29 is 9.53 Å². The molecule has 6 nitrogen and oxygen atoms in total. The smallest absolute Gasteiger partial charge is 0.307 e. The molecule has 0 fully saturated rings. The van der Waals surface area contributed by atoms with Gasteiger partial charge in [0, 0.05) is 25.1 Å². The molecule has 0 amide bonds. The number of aromatic amines is 1. The lowest BCUT2D eigenvalue weighted by molar-refractivity contribution is -0.140. The molecule has 19 heavy (non-hydrogen) atoms. The van der Waals surface area contributed by atoms with E-state index < -0.39 is 0 Å². The fraction of sp³-hybridized carbons (Fsp3) is 0.615. The number of carbonyl (C=O) groups is 1. The first-order valence-electron chi connectivity index (χ1n) is 6.41. The summed E-state index contributed by atoms with van der Waals surface area (Å²) in [5.41, 5.74) is -0.176. The molecule has 1 aromatic heterocycles. The number of anilines is 1. The van der Waals surface area contributed by atoms with Gasteiger partial charge in [0.1, 0.15) is 11.6 Å². The van der Waals surface area contributed by atoms with E-state index in [4.69, 9.17) is 0 Å². The van der Waals surface area contributed by atoms with E-state index in [1.165, 1.54) is 13.2 Å². The van der Waals surface area contributed by atoms with Crippen molar-refractivity contribution in [3.8, 4) is 0 Å². The van der Waals surface area contributed by atoms with Gasteiger partial charge in [-0.1, -0.05) is 13.8 Å². The second-order valence-electron chi connectivity index (χ2n) is 4.55. The van der Waals surface area contributed by atoms with Crippen LogP contribution in [0.1, 0.15) is 38.9 Å². The quantitative estimate of drug-likeness (QED) is 0.786. The predicted molar refractivity (Wildman–Crippen MR) is 73.5 cm³/mol. The third-order valence-corrected chi connectivity index (χ3v) is 2.81. The van der Waals surface area contributed by atoms with Crippen LogP contribution in [0.4, 0.5) is 5.82 Å². The third kappa shape index (κ3) is 4.39. The fourth-order valence-electron chi connectivity index (χ4n) is 1.66. The molecule has 0 spiro atoms. The Morgan fingerprint density at radius 1 is 1.53 bits per heavy atom. The van der Waals surface area contributed by atoms with Crippen molar-refractivity contribution in [2.45, 2.75) is 33.1 Å². The molecular weight excluding hydrogens is 246 g/mol. The molecule has 0 aliphatic carbocycles. The highest BCUT2D eigenvalue weighted by molar-refractivity contribution is 5.69. The molecule has 0 atom stereocenters. The molecule has 6 heteroatoms. The summed E-state index contributed by atoms with van der Waals surface area (Å²) in [7, 11) is 1.36. The number of ether oxygens (including phenoxy) is 1. The summed E-state index contributed by atoms with van der Waals surface area (Å²) in [5.74, 6) is 1.12. The molecule has 0 aromatic carbocycles. The zero-order valence-electron chi connectivity index (χ0n) is 11.9. The molecule has 1 rings (SSSR count). The van der Waals surface area contributed by atoms with E-state index in [0.29, 0.717) is 24.7 Å². The Hall–Kier alpha value is -1.85. The van der Waals surface area contributed by atoms with Gasteiger partial charge in [-0.15, -0.1) is 0 Å². The topological polar surface area (TPSA) is 75.3 Å². The van der Waals surface area contributed by atoms with Gasteiger partial charge in [-0.3, -0.25) is 9.59 Å². The van der Waals surface area contributed by atoms with E-state index in [1.807, 2.05) is 25.7 Å². The normalized spacial score (nSPS) is 10.6. The SMILES string of the molecule is CCN(CCC(=O)OC)c1cc(=O)[nH]c(C(C)C)n1. The Morgan fingerprint density at radius 2 is 2.21 bits per heavy atom. The molecule has 1 aromatic rings. The van der Waals surface area contributed by atoms with Gasteiger partial charge in [-0.25, -0.2) is 4.98 Å². The standard InChI is InChI=1S/C13H21N3O3/c1-5-16(7-6-12(18)19-4)10-8-11(17)15-13(14-10)9(2)3/h8-9H,5-7H2,1-4H3,(H,14,15,17).